The van der Waals surface area contributed by atoms with Gasteiger partial charge in [0, 0.05) is 11.8 Å². The molecule has 0 aliphatic carbocycles. The van der Waals surface area contributed by atoms with E-state index in [-0.39, 0.29) is 16.5 Å². The highest BCUT2D eigenvalue weighted by atomic mass is 35.5. The molecule has 1 N–H and O–H groups in total. The molecule has 1 aromatic carbocycles. The number of hydrogen-bond acceptors (Lipinski definition) is 2. The van der Waals surface area contributed by atoms with E-state index in [0.717, 1.165) is 18.2 Å². The molecule has 0 spiro atoms. The van der Waals surface area contributed by atoms with E-state index in [1.54, 1.807) is 6.92 Å². The maximum Gasteiger partial charge on any atom is 0.150 e. The highest BCUT2D eigenvalue weighted by molar-refractivity contribution is 6.32. The van der Waals surface area contributed by atoms with Crippen LogP contribution in [-0.2, 0) is 0 Å². The summed E-state index contributed by atoms with van der Waals surface area (Å²) in [6.07, 6.45) is 0.739. The molecule has 0 saturated carbocycles. The smallest absolute Gasteiger partial charge is 0.150 e. The first-order chi connectivity index (χ1) is 6.54. The monoisotopic (exact) mass is 215 g/mol. The lowest BCUT2D eigenvalue weighted by atomic mass is 10.2. The number of benzene rings is 1. The van der Waals surface area contributed by atoms with Crippen LogP contribution < -0.4 is 0 Å². The van der Waals surface area contributed by atoms with Gasteiger partial charge in [0.05, 0.1) is 5.02 Å². The number of rotatable bonds is 2. The summed E-state index contributed by atoms with van der Waals surface area (Å²) in [5.74, 6) is -0.684. The van der Waals surface area contributed by atoms with Gasteiger partial charge in [0.1, 0.15) is 11.4 Å². The van der Waals surface area contributed by atoms with Gasteiger partial charge in [0.15, 0.2) is 5.82 Å². The van der Waals surface area contributed by atoms with Crippen LogP contribution in [0.1, 0.15) is 20.3 Å². The van der Waals surface area contributed by atoms with Crippen molar-refractivity contribution >= 4 is 23.0 Å². The lowest BCUT2D eigenvalue weighted by Gasteiger charge is -2.02. The number of aromatic hydroxyl groups is 1. The van der Waals surface area contributed by atoms with E-state index < -0.39 is 5.82 Å². The summed E-state index contributed by atoms with van der Waals surface area (Å²) < 4.78 is 13.2. The minimum atomic E-state index is -0.527. The van der Waals surface area contributed by atoms with Crippen LogP contribution in [0, 0.1) is 5.82 Å². The summed E-state index contributed by atoms with van der Waals surface area (Å²) in [5, 5.41) is 9.24. The summed E-state index contributed by atoms with van der Waals surface area (Å²) >= 11 is 5.52. The fraction of sp³-hybridized carbons (Fsp3) is 0.300. The summed E-state index contributed by atoms with van der Waals surface area (Å²) in [7, 11) is 0. The maximum absolute atomic E-state index is 13.2. The Balaban J connectivity index is 3.16. The van der Waals surface area contributed by atoms with Crippen LogP contribution in [0.2, 0.25) is 5.02 Å². The van der Waals surface area contributed by atoms with Gasteiger partial charge in [-0.25, -0.2) is 4.39 Å². The standard InChI is InChI=1S/C10H11ClFNO/c1-3-6(2)13-9-5-10(14)7(11)4-8(9)12/h4-5,14H,3H2,1-2H3/b13-6-. The lowest BCUT2D eigenvalue weighted by molar-refractivity contribution is 0.474. The molecule has 0 bridgehead atoms. The van der Waals surface area contributed by atoms with E-state index >= 15 is 0 Å². The third-order valence-corrected chi connectivity index (χ3v) is 2.14. The Kier molecular flexibility index (Phi) is 3.47. The van der Waals surface area contributed by atoms with Crippen LogP contribution in [0.15, 0.2) is 17.1 Å². The zero-order valence-electron chi connectivity index (χ0n) is 8.01. The van der Waals surface area contributed by atoms with Crippen LogP contribution in [0.25, 0.3) is 0 Å². The van der Waals surface area contributed by atoms with E-state index in [2.05, 4.69) is 4.99 Å². The van der Waals surface area contributed by atoms with E-state index in [9.17, 15) is 9.50 Å². The van der Waals surface area contributed by atoms with Gasteiger partial charge in [-0.2, -0.15) is 0 Å². The molecular formula is C10H11ClFNO. The van der Waals surface area contributed by atoms with Crippen molar-refractivity contribution in [1.29, 1.82) is 0 Å². The predicted molar refractivity (Wildman–Crippen MR) is 56.1 cm³/mol. The second kappa shape index (κ2) is 4.42. The zero-order valence-corrected chi connectivity index (χ0v) is 8.77. The summed E-state index contributed by atoms with van der Waals surface area (Å²) in [4.78, 5) is 4.00. The second-order valence-corrected chi connectivity index (χ2v) is 3.36. The highest BCUT2D eigenvalue weighted by Crippen LogP contribution is 2.30. The Morgan fingerprint density at radius 3 is 2.79 bits per heavy atom. The molecule has 14 heavy (non-hydrogen) atoms. The third kappa shape index (κ3) is 2.45. The van der Waals surface area contributed by atoms with Crippen LogP contribution in [0.4, 0.5) is 10.1 Å². The van der Waals surface area contributed by atoms with Crippen molar-refractivity contribution in [3.63, 3.8) is 0 Å². The molecule has 0 unspecified atom stereocenters. The molecule has 0 heterocycles. The van der Waals surface area contributed by atoms with Gasteiger partial charge >= 0.3 is 0 Å². The first kappa shape index (κ1) is 11.0. The maximum atomic E-state index is 13.2. The molecule has 1 rings (SSSR count). The Morgan fingerprint density at radius 1 is 1.57 bits per heavy atom. The van der Waals surface area contributed by atoms with Crippen LogP contribution in [0.3, 0.4) is 0 Å². The van der Waals surface area contributed by atoms with E-state index in [1.807, 2.05) is 6.92 Å². The minimum Gasteiger partial charge on any atom is -0.506 e. The quantitative estimate of drug-likeness (QED) is 0.750. The number of phenolic OH excluding ortho intramolecular Hbond substituents is 1. The molecule has 0 amide bonds. The molecule has 4 heteroatoms. The molecule has 0 aromatic heterocycles. The van der Waals surface area contributed by atoms with Gasteiger partial charge < -0.3 is 5.11 Å². The molecule has 0 saturated heterocycles. The Hall–Kier alpha value is -1.09. The molecule has 0 atom stereocenters. The fourth-order valence-corrected chi connectivity index (χ4v) is 1.05. The van der Waals surface area contributed by atoms with Crippen molar-refractivity contribution in [2.24, 2.45) is 4.99 Å². The molecule has 2 nitrogen and oxygen atoms in total. The largest absolute Gasteiger partial charge is 0.506 e. The molecule has 1 aromatic rings. The van der Waals surface area contributed by atoms with Crippen molar-refractivity contribution in [2.45, 2.75) is 20.3 Å². The third-order valence-electron chi connectivity index (χ3n) is 1.84. The topological polar surface area (TPSA) is 32.6 Å². The van der Waals surface area contributed by atoms with Crippen molar-refractivity contribution in [3.8, 4) is 5.75 Å². The molecule has 0 aliphatic heterocycles. The van der Waals surface area contributed by atoms with E-state index in [4.69, 9.17) is 11.6 Å². The number of halogens is 2. The predicted octanol–water partition coefficient (Wildman–Crippen LogP) is 3.69. The SMILES string of the molecule is CC/C(C)=N\c1cc(O)c(Cl)cc1F. The fourth-order valence-electron chi connectivity index (χ4n) is 0.897. The molecule has 76 valence electrons. The van der Waals surface area contributed by atoms with Crippen molar-refractivity contribution < 1.29 is 9.50 Å². The molecule has 0 aliphatic rings. The number of phenols is 1. The number of nitrogens with zero attached hydrogens (tertiary/aromatic N) is 1. The first-order valence-electron chi connectivity index (χ1n) is 4.26. The summed E-state index contributed by atoms with van der Waals surface area (Å²) in [6, 6.07) is 2.27. The Labute approximate surface area is 87.0 Å². The van der Waals surface area contributed by atoms with Crippen LogP contribution in [0.5, 0.6) is 5.75 Å². The minimum absolute atomic E-state index is 0.00407. The summed E-state index contributed by atoms with van der Waals surface area (Å²) in [6.45, 7) is 3.72. The molecule has 0 fully saturated rings. The van der Waals surface area contributed by atoms with Gasteiger partial charge in [0.2, 0.25) is 0 Å². The Morgan fingerprint density at radius 2 is 2.21 bits per heavy atom. The summed E-state index contributed by atoms with van der Waals surface area (Å²) in [5.41, 5.74) is 0.914. The zero-order chi connectivity index (χ0) is 10.7. The first-order valence-corrected chi connectivity index (χ1v) is 4.64. The lowest BCUT2D eigenvalue weighted by Crippen LogP contribution is -1.87. The average Bonchev–Trinajstić information content (AvgIpc) is 2.14. The van der Waals surface area contributed by atoms with Gasteiger partial charge in [-0.3, -0.25) is 4.99 Å². The van der Waals surface area contributed by atoms with Gasteiger partial charge in [-0.05, 0) is 19.4 Å². The van der Waals surface area contributed by atoms with Crippen molar-refractivity contribution in [1.82, 2.24) is 0 Å². The van der Waals surface area contributed by atoms with E-state index in [0.29, 0.717) is 0 Å². The van der Waals surface area contributed by atoms with Crippen molar-refractivity contribution in [2.75, 3.05) is 0 Å². The van der Waals surface area contributed by atoms with Crippen LogP contribution >= 0.6 is 11.6 Å². The number of hydrogen-bond donors (Lipinski definition) is 1. The van der Waals surface area contributed by atoms with Crippen molar-refractivity contribution in [3.05, 3.63) is 23.0 Å². The average molecular weight is 216 g/mol. The molecule has 0 radical (unpaired) electrons. The van der Waals surface area contributed by atoms with Gasteiger partial charge in [-0.15, -0.1) is 0 Å². The van der Waals surface area contributed by atoms with Gasteiger partial charge in [-0.1, -0.05) is 18.5 Å². The number of aliphatic imine (C=N–C) groups is 1. The molecular weight excluding hydrogens is 205 g/mol. The van der Waals surface area contributed by atoms with Gasteiger partial charge in [0.25, 0.3) is 0 Å². The Bertz CT molecular complexity index is 377. The van der Waals surface area contributed by atoms with E-state index in [1.165, 1.54) is 6.07 Å². The normalized spacial score (nSPS) is 11.9. The highest BCUT2D eigenvalue weighted by Gasteiger charge is 2.06. The van der Waals surface area contributed by atoms with Crippen LogP contribution in [-0.4, -0.2) is 10.8 Å². The second-order valence-electron chi connectivity index (χ2n) is 2.96.